The minimum Gasteiger partial charge on any atom is -0.283 e. The number of nitrogens with zero attached hydrogens (tertiary/aromatic N) is 1. The van der Waals surface area contributed by atoms with Crippen LogP contribution in [0.1, 0.15) is 5.56 Å². The molecular formula is C10H11NO2. The lowest BCUT2D eigenvalue weighted by atomic mass is 10.1. The third kappa shape index (κ3) is 1.69. The average molecular weight is 177 g/mol. The molecule has 0 aliphatic rings. The van der Waals surface area contributed by atoms with Crippen molar-refractivity contribution in [3.8, 4) is 0 Å². The predicted octanol–water partition coefficient (Wildman–Crippen LogP) is 2.01. The summed E-state index contributed by atoms with van der Waals surface area (Å²) in [5.74, 6) is -1.29. The van der Waals surface area contributed by atoms with Gasteiger partial charge in [0, 0.05) is 14.2 Å². The van der Waals surface area contributed by atoms with Crippen LogP contribution in [-0.2, 0) is 15.4 Å². The van der Waals surface area contributed by atoms with E-state index in [4.69, 9.17) is 16.0 Å². The second-order valence-electron chi connectivity index (χ2n) is 2.47. The highest BCUT2D eigenvalue weighted by molar-refractivity contribution is 5.22. The molecule has 1 rings (SSSR count). The summed E-state index contributed by atoms with van der Waals surface area (Å²) in [7, 11) is 2.91. The Bertz CT molecular complexity index is 298. The largest absolute Gasteiger partial charge is 0.485 e. The molecule has 0 spiro atoms. The highest BCUT2D eigenvalue weighted by Crippen LogP contribution is 2.26. The Labute approximate surface area is 77.7 Å². The Kier molecular flexibility index (Phi) is 3.02. The van der Waals surface area contributed by atoms with Gasteiger partial charge < -0.3 is 0 Å². The predicted molar refractivity (Wildman–Crippen MR) is 48.7 cm³/mol. The van der Waals surface area contributed by atoms with Gasteiger partial charge in [-0.15, -0.1) is 0 Å². The van der Waals surface area contributed by atoms with E-state index in [1.807, 2.05) is 18.2 Å². The SMILES string of the molecule is [C-]#[N+]C(OC)(OC)c1ccccc1. The van der Waals surface area contributed by atoms with Crippen molar-refractivity contribution in [2.24, 2.45) is 0 Å². The highest BCUT2D eigenvalue weighted by atomic mass is 16.7. The molecule has 1 aromatic rings. The molecule has 0 bridgehead atoms. The molecule has 0 saturated carbocycles. The number of rotatable bonds is 3. The van der Waals surface area contributed by atoms with E-state index in [0.717, 1.165) is 0 Å². The first-order valence-corrected chi connectivity index (χ1v) is 3.83. The van der Waals surface area contributed by atoms with Crippen molar-refractivity contribution in [3.05, 3.63) is 47.3 Å². The summed E-state index contributed by atoms with van der Waals surface area (Å²) in [6, 6.07) is 9.15. The maximum atomic E-state index is 7.02. The van der Waals surface area contributed by atoms with E-state index < -0.39 is 5.91 Å². The van der Waals surface area contributed by atoms with Crippen molar-refractivity contribution >= 4 is 0 Å². The van der Waals surface area contributed by atoms with Crippen LogP contribution in [0.4, 0.5) is 0 Å². The van der Waals surface area contributed by atoms with E-state index in [2.05, 4.69) is 4.85 Å². The van der Waals surface area contributed by atoms with Crippen molar-refractivity contribution in [3.63, 3.8) is 0 Å². The molecule has 0 fully saturated rings. The smallest absolute Gasteiger partial charge is 0.283 e. The van der Waals surface area contributed by atoms with Crippen LogP contribution in [-0.4, -0.2) is 14.2 Å². The molecule has 0 amide bonds. The Morgan fingerprint density at radius 3 is 2.08 bits per heavy atom. The zero-order valence-electron chi connectivity index (χ0n) is 7.65. The summed E-state index contributed by atoms with van der Waals surface area (Å²) in [4.78, 5) is 3.33. The van der Waals surface area contributed by atoms with Gasteiger partial charge >= 0.3 is 5.91 Å². The van der Waals surface area contributed by atoms with Gasteiger partial charge in [-0.2, -0.15) is 0 Å². The van der Waals surface area contributed by atoms with E-state index in [9.17, 15) is 0 Å². The van der Waals surface area contributed by atoms with Crippen LogP contribution in [0, 0.1) is 6.57 Å². The van der Waals surface area contributed by atoms with E-state index in [1.165, 1.54) is 14.2 Å². The highest BCUT2D eigenvalue weighted by Gasteiger charge is 2.39. The summed E-state index contributed by atoms with van der Waals surface area (Å²) in [5, 5.41) is 0. The summed E-state index contributed by atoms with van der Waals surface area (Å²) in [6.45, 7) is 7.02. The fourth-order valence-electron chi connectivity index (χ4n) is 1.12. The van der Waals surface area contributed by atoms with Gasteiger partial charge in [0.25, 0.3) is 0 Å². The molecule has 0 heterocycles. The lowest BCUT2D eigenvalue weighted by Gasteiger charge is -2.16. The van der Waals surface area contributed by atoms with Gasteiger partial charge in [-0.05, 0) is 12.1 Å². The van der Waals surface area contributed by atoms with E-state index in [-0.39, 0.29) is 0 Å². The zero-order chi connectivity index (χ0) is 9.73. The second-order valence-corrected chi connectivity index (χ2v) is 2.47. The third-order valence-corrected chi connectivity index (χ3v) is 1.84. The Morgan fingerprint density at radius 1 is 1.15 bits per heavy atom. The Balaban J connectivity index is 3.10. The quantitative estimate of drug-likeness (QED) is 0.520. The molecule has 0 aliphatic heterocycles. The van der Waals surface area contributed by atoms with E-state index in [1.54, 1.807) is 12.1 Å². The van der Waals surface area contributed by atoms with Crippen LogP contribution >= 0.6 is 0 Å². The second kappa shape index (κ2) is 4.04. The van der Waals surface area contributed by atoms with Crippen LogP contribution in [0.25, 0.3) is 4.85 Å². The zero-order valence-corrected chi connectivity index (χ0v) is 7.65. The average Bonchev–Trinajstić information content (AvgIpc) is 2.23. The molecule has 0 N–H and O–H groups in total. The molecule has 68 valence electrons. The molecule has 3 heteroatoms. The number of methoxy groups -OCH3 is 2. The third-order valence-electron chi connectivity index (χ3n) is 1.84. The molecule has 1 aromatic carbocycles. The van der Waals surface area contributed by atoms with E-state index in [0.29, 0.717) is 5.56 Å². The van der Waals surface area contributed by atoms with Crippen molar-refractivity contribution < 1.29 is 9.47 Å². The van der Waals surface area contributed by atoms with Crippen LogP contribution in [0.5, 0.6) is 0 Å². The van der Waals surface area contributed by atoms with Crippen molar-refractivity contribution in [2.45, 2.75) is 5.91 Å². The number of hydrogen-bond acceptors (Lipinski definition) is 2. The number of ether oxygens (including phenoxy) is 2. The van der Waals surface area contributed by atoms with Gasteiger partial charge in [0.15, 0.2) is 0 Å². The van der Waals surface area contributed by atoms with Crippen molar-refractivity contribution in [1.82, 2.24) is 0 Å². The lowest BCUT2D eigenvalue weighted by Crippen LogP contribution is -2.26. The van der Waals surface area contributed by atoms with Gasteiger partial charge in [-0.3, -0.25) is 9.47 Å². The molecule has 0 aliphatic carbocycles. The summed E-state index contributed by atoms with van der Waals surface area (Å²) < 4.78 is 10.1. The van der Waals surface area contributed by atoms with Crippen molar-refractivity contribution in [1.29, 1.82) is 0 Å². The fourth-order valence-corrected chi connectivity index (χ4v) is 1.12. The van der Waals surface area contributed by atoms with Gasteiger partial charge in [-0.1, -0.05) is 18.2 Å². The minimum absolute atomic E-state index is 0.704. The first kappa shape index (κ1) is 9.72. The first-order chi connectivity index (χ1) is 6.29. The minimum atomic E-state index is -1.29. The molecule has 0 unspecified atom stereocenters. The molecular weight excluding hydrogens is 166 g/mol. The van der Waals surface area contributed by atoms with Crippen LogP contribution in [0.15, 0.2) is 30.3 Å². The lowest BCUT2D eigenvalue weighted by molar-refractivity contribution is -0.180. The molecule has 0 radical (unpaired) electrons. The normalized spacial score (nSPS) is 10.8. The topological polar surface area (TPSA) is 22.8 Å². The molecule has 0 aromatic heterocycles. The molecule has 3 nitrogen and oxygen atoms in total. The molecule has 13 heavy (non-hydrogen) atoms. The van der Waals surface area contributed by atoms with Crippen LogP contribution < -0.4 is 0 Å². The number of benzene rings is 1. The first-order valence-electron chi connectivity index (χ1n) is 3.83. The Morgan fingerprint density at radius 2 is 1.69 bits per heavy atom. The monoisotopic (exact) mass is 177 g/mol. The summed E-state index contributed by atoms with van der Waals surface area (Å²) >= 11 is 0. The maximum Gasteiger partial charge on any atom is 0.485 e. The van der Waals surface area contributed by atoms with Gasteiger partial charge in [-0.25, -0.2) is 11.4 Å². The Hall–Kier alpha value is -1.37. The number of hydrogen-bond donors (Lipinski definition) is 0. The van der Waals surface area contributed by atoms with Crippen molar-refractivity contribution in [2.75, 3.05) is 14.2 Å². The van der Waals surface area contributed by atoms with Crippen LogP contribution in [0.3, 0.4) is 0 Å². The van der Waals surface area contributed by atoms with Crippen LogP contribution in [0.2, 0.25) is 0 Å². The molecule has 0 atom stereocenters. The fraction of sp³-hybridized carbons (Fsp3) is 0.300. The standard InChI is InChI=1S/C10H11NO2/c1-11-10(12-2,13-3)9-7-5-4-6-8-9/h4-8H,2-3H3. The molecule has 0 saturated heterocycles. The summed E-state index contributed by atoms with van der Waals surface area (Å²) in [5.41, 5.74) is 0.704. The van der Waals surface area contributed by atoms with Gasteiger partial charge in [0.1, 0.15) is 5.56 Å². The van der Waals surface area contributed by atoms with Gasteiger partial charge in [0.2, 0.25) is 0 Å². The summed E-state index contributed by atoms with van der Waals surface area (Å²) in [6.07, 6.45) is 0. The maximum absolute atomic E-state index is 7.02. The van der Waals surface area contributed by atoms with E-state index >= 15 is 0 Å². The van der Waals surface area contributed by atoms with Gasteiger partial charge in [0.05, 0.1) is 0 Å².